The third-order valence-corrected chi connectivity index (χ3v) is 4.92. The molecule has 0 bridgehead atoms. The maximum absolute atomic E-state index is 5.87. The van der Waals surface area contributed by atoms with E-state index in [2.05, 4.69) is 43.9 Å². The summed E-state index contributed by atoms with van der Waals surface area (Å²) in [7, 11) is 0. The van der Waals surface area contributed by atoms with Crippen LogP contribution < -0.4 is 10.6 Å². The average molecular weight is 324 g/mol. The normalized spacial score (nSPS) is 24.3. The zero-order valence-electron chi connectivity index (χ0n) is 11.3. The van der Waals surface area contributed by atoms with Gasteiger partial charge in [-0.3, -0.25) is 4.90 Å². The van der Waals surface area contributed by atoms with Crippen molar-refractivity contribution in [3.8, 4) is 0 Å². The van der Waals surface area contributed by atoms with Gasteiger partial charge < -0.3 is 10.6 Å². The van der Waals surface area contributed by atoms with Crippen molar-refractivity contribution in [3.63, 3.8) is 0 Å². The van der Waals surface area contributed by atoms with Crippen LogP contribution in [0.1, 0.15) is 24.8 Å². The molecule has 0 aromatic heterocycles. The Morgan fingerprint density at radius 1 is 1.21 bits per heavy atom. The smallest absolute Gasteiger partial charge is 0.0423 e. The maximum Gasteiger partial charge on any atom is 0.0423 e. The first kappa shape index (κ1) is 13.4. The molecular weight excluding hydrogens is 302 g/mol. The van der Waals surface area contributed by atoms with Gasteiger partial charge in [-0.1, -0.05) is 22.0 Å². The third kappa shape index (κ3) is 2.81. The fraction of sp³-hybridized carbons (Fsp3) is 0.600. The summed E-state index contributed by atoms with van der Waals surface area (Å²) in [6, 6.07) is 7.18. The van der Waals surface area contributed by atoms with Crippen molar-refractivity contribution in [2.45, 2.75) is 31.8 Å². The third-order valence-electron chi connectivity index (χ3n) is 4.43. The number of nitrogens with zero attached hydrogens (tertiary/aromatic N) is 2. The highest BCUT2D eigenvalue weighted by molar-refractivity contribution is 9.10. The van der Waals surface area contributed by atoms with Gasteiger partial charge in [-0.05, 0) is 50.0 Å². The SMILES string of the molecule is NCc1ccc(Br)cc1N1CCC(N2CCCC2)C1. The highest BCUT2D eigenvalue weighted by Crippen LogP contribution is 2.30. The summed E-state index contributed by atoms with van der Waals surface area (Å²) in [6.45, 7) is 5.52. The molecule has 0 spiro atoms. The van der Waals surface area contributed by atoms with Crippen LogP contribution in [0.25, 0.3) is 0 Å². The van der Waals surface area contributed by atoms with Gasteiger partial charge in [0.05, 0.1) is 0 Å². The summed E-state index contributed by atoms with van der Waals surface area (Å²) in [5.74, 6) is 0. The lowest BCUT2D eigenvalue weighted by atomic mass is 10.1. The van der Waals surface area contributed by atoms with Gasteiger partial charge in [-0.25, -0.2) is 0 Å². The minimum absolute atomic E-state index is 0.619. The van der Waals surface area contributed by atoms with Crippen molar-refractivity contribution >= 4 is 21.6 Å². The molecule has 3 rings (SSSR count). The second-order valence-corrected chi connectivity index (χ2v) is 6.52. The van der Waals surface area contributed by atoms with Crippen LogP contribution in [-0.2, 0) is 6.54 Å². The van der Waals surface area contributed by atoms with Gasteiger partial charge in [-0.2, -0.15) is 0 Å². The molecule has 104 valence electrons. The standard InChI is InChI=1S/C15H22BrN3/c16-13-4-3-12(10-17)15(9-13)19-8-5-14(11-19)18-6-1-2-7-18/h3-4,9,14H,1-2,5-8,10-11,17H2. The van der Waals surface area contributed by atoms with Crippen LogP contribution in [-0.4, -0.2) is 37.1 Å². The number of hydrogen-bond acceptors (Lipinski definition) is 3. The summed E-state index contributed by atoms with van der Waals surface area (Å²) in [6.07, 6.45) is 4.04. The van der Waals surface area contributed by atoms with Crippen LogP contribution in [0, 0.1) is 0 Å². The molecular formula is C15H22BrN3. The molecule has 0 amide bonds. The van der Waals surface area contributed by atoms with Crippen molar-refractivity contribution in [2.75, 3.05) is 31.1 Å². The van der Waals surface area contributed by atoms with E-state index in [0.717, 1.165) is 23.6 Å². The van der Waals surface area contributed by atoms with E-state index in [1.165, 1.54) is 43.6 Å². The van der Waals surface area contributed by atoms with Crippen molar-refractivity contribution < 1.29 is 0 Å². The first-order valence-electron chi connectivity index (χ1n) is 7.25. The predicted molar refractivity (Wildman–Crippen MR) is 83.5 cm³/mol. The molecule has 19 heavy (non-hydrogen) atoms. The first-order valence-corrected chi connectivity index (χ1v) is 8.05. The molecule has 2 fully saturated rings. The van der Waals surface area contributed by atoms with E-state index < -0.39 is 0 Å². The van der Waals surface area contributed by atoms with Crippen molar-refractivity contribution in [3.05, 3.63) is 28.2 Å². The second-order valence-electron chi connectivity index (χ2n) is 5.61. The lowest BCUT2D eigenvalue weighted by Gasteiger charge is -2.25. The van der Waals surface area contributed by atoms with Crippen LogP contribution in [0.2, 0.25) is 0 Å². The van der Waals surface area contributed by atoms with Gasteiger partial charge in [-0.15, -0.1) is 0 Å². The average Bonchev–Trinajstić information content (AvgIpc) is 3.09. The minimum atomic E-state index is 0.619. The van der Waals surface area contributed by atoms with Crippen molar-refractivity contribution in [1.29, 1.82) is 0 Å². The molecule has 1 atom stereocenters. The fourth-order valence-electron chi connectivity index (χ4n) is 3.37. The predicted octanol–water partition coefficient (Wildman–Crippen LogP) is 2.58. The van der Waals surface area contributed by atoms with Crippen molar-refractivity contribution in [1.82, 2.24) is 4.90 Å². The zero-order chi connectivity index (χ0) is 13.2. The van der Waals surface area contributed by atoms with E-state index in [0.29, 0.717) is 6.54 Å². The molecule has 2 saturated heterocycles. The molecule has 1 unspecified atom stereocenters. The Labute approximate surface area is 123 Å². The van der Waals surface area contributed by atoms with Crippen LogP contribution in [0.3, 0.4) is 0 Å². The number of rotatable bonds is 3. The number of anilines is 1. The highest BCUT2D eigenvalue weighted by Gasteiger charge is 2.30. The molecule has 1 aromatic rings. The summed E-state index contributed by atoms with van der Waals surface area (Å²) in [5, 5.41) is 0. The molecule has 2 heterocycles. The van der Waals surface area contributed by atoms with Crippen molar-refractivity contribution in [2.24, 2.45) is 5.73 Å². The molecule has 4 heteroatoms. The van der Waals surface area contributed by atoms with E-state index in [-0.39, 0.29) is 0 Å². The molecule has 3 nitrogen and oxygen atoms in total. The van der Waals surface area contributed by atoms with Crippen LogP contribution >= 0.6 is 15.9 Å². The zero-order valence-corrected chi connectivity index (χ0v) is 12.9. The van der Waals surface area contributed by atoms with E-state index in [1.54, 1.807) is 0 Å². The summed E-state index contributed by atoms with van der Waals surface area (Å²) in [4.78, 5) is 5.18. The van der Waals surface area contributed by atoms with Gasteiger partial charge in [0, 0.05) is 35.8 Å². The Balaban J connectivity index is 1.75. The Morgan fingerprint density at radius 2 is 2.00 bits per heavy atom. The number of benzene rings is 1. The summed E-state index contributed by atoms with van der Waals surface area (Å²) >= 11 is 3.58. The number of halogens is 1. The number of hydrogen-bond donors (Lipinski definition) is 1. The molecule has 2 aliphatic heterocycles. The number of nitrogens with two attached hydrogens (primary N) is 1. The van der Waals surface area contributed by atoms with Crippen LogP contribution in [0.5, 0.6) is 0 Å². The number of likely N-dealkylation sites (tertiary alicyclic amines) is 1. The Bertz CT molecular complexity index is 443. The topological polar surface area (TPSA) is 32.5 Å². The largest absolute Gasteiger partial charge is 0.370 e. The van der Waals surface area contributed by atoms with E-state index in [4.69, 9.17) is 5.73 Å². The van der Waals surface area contributed by atoms with Crippen LogP contribution in [0.4, 0.5) is 5.69 Å². The molecule has 1 aromatic carbocycles. The molecule has 0 aliphatic carbocycles. The molecule has 0 saturated carbocycles. The van der Waals surface area contributed by atoms with Gasteiger partial charge in [0.2, 0.25) is 0 Å². The first-order chi connectivity index (χ1) is 9.28. The lowest BCUT2D eigenvalue weighted by molar-refractivity contribution is 0.260. The van der Waals surface area contributed by atoms with Gasteiger partial charge >= 0.3 is 0 Å². The van der Waals surface area contributed by atoms with Crippen LogP contribution in [0.15, 0.2) is 22.7 Å². The second kappa shape index (κ2) is 5.81. The molecule has 2 aliphatic rings. The lowest BCUT2D eigenvalue weighted by Crippen LogP contribution is -2.35. The quantitative estimate of drug-likeness (QED) is 0.928. The molecule has 2 N–H and O–H groups in total. The van der Waals surface area contributed by atoms with E-state index >= 15 is 0 Å². The van der Waals surface area contributed by atoms with Gasteiger partial charge in [0.25, 0.3) is 0 Å². The Kier molecular flexibility index (Phi) is 4.10. The molecule has 0 radical (unpaired) electrons. The van der Waals surface area contributed by atoms with E-state index in [9.17, 15) is 0 Å². The van der Waals surface area contributed by atoms with Gasteiger partial charge in [0.1, 0.15) is 0 Å². The summed E-state index contributed by atoms with van der Waals surface area (Å²) in [5.41, 5.74) is 8.45. The summed E-state index contributed by atoms with van der Waals surface area (Å²) < 4.78 is 1.14. The Morgan fingerprint density at radius 3 is 2.74 bits per heavy atom. The Hall–Kier alpha value is -0.580. The fourth-order valence-corrected chi connectivity index (χ4v) is 3.72. The van der Waals surface area contributed by atoms with Gasteiger partial charge in [0.15, 0.2) is 0 Å². The van der Waals surface area contributed by atoms with E-state index in [1.807, 2.05) is 0 Å². The minimum Gasteiger partial charge on any atom is -0.370 e. The highest BCUT2D eigenvalue weighted by atomic mass is 79.9. The maximum atomic E-state index is 5.87. The monoisotopic (exact) mass is 323 g/mol.